The molecule has 2 aliphatic carbocycles. The minimum Gasteiger partial charge on any atom is -0.378 e. The standard InChI is InChI=1S/C16H29NO2/c17-11-13-4-3-5-14(13)12-18-15-6-9-19-16(10-15)7-1-2-8-16/h13-15H,1-12,17H2. The quantitative estimate of drug-likeness (QED) is 0.852. The minimum atomic E-state index is 0.186. The van der Waals surface area contributed by atoms with E-state index in [0.717, 1.165) is 32.6 Å². The van der Waals surface area contributed by atoms with Crippen LogP contribution in [0.3, 0.4) is 0 Å². The van der Waals surface area contributed by atoms with Gasteiger partial charge in [-0.1, -0.05) is 19.3 Å². The van der Waals surface area contributed by atoms with Crippen LogP contribution in [0.15, 0.2) is 0 Å². The molecule has 1 spiro atoms. The summed E-state index contributed by atoms with van der Waals surface area (Å²) in [6, 6.07) is 0. The van der Waals surface area contributed by atoms with Crippen molar-refractivity contribution in [2.75, 3.05) is 19.8 Å². The average Bonchev–Trinajstić information content (AvgIpc) is 3.06. The average molecular weight is 267 g/mol. The van der Waals surface area contributed by atoms with E-state index in [1.54, 1.807) is 0 Å². The monoisotopic (exact) mass is 267 g/mol. The first-order valence-electron chi connectivity index (χ1n) is 8.27. The van der Waals surface area contributed by atoms with E-state index >= 15 is 0 Å². The third kappa shape index (κ3) is 3.14. The van der Waals surface area contributed by atoms with Crippen molar-refractivity contribution in [2.45, 2.75) is 69.5 Å². The number of hydrogen-bond donors (Lipinski definition) is 1. The number of nitrogens with two attached hydrogens (primary N) is 1. The highest BCUT2D eigenvalue weighted by atomic mass is 16.5. The van der Waals surface area contributed by atoms with E-state index in [-0.39, 0.29) is 5.60 Å². The van der Waals surface area contributed by atoms with Gasteiger partial charge in [0.15, 0.2) is 0 Å². The molecule has 0 bridgehead atoms. The lowest BCUT2D eigenvalue weighted by Gasteiger charge is -2.38. The highest BCUT2D eigenvalue weighted by Crippen LogP contribution is 2.41. The van der Waals surface area contributed by atoms with Crippen LogP contribution in [0.2, 0.25) is 0 Å². The largest absolute Gasteiger partial charge is 0.378 e. The van der Waals surface area contributed by atoms with Crippen molar-refractivity contribution in [1.29, 1.82) is 0 Å². The molecule has 110 valence electrons. The predicted molar refractivity (Wildman–Crippen MR) is 76.0 cm³/mol. The molecule has 0 aromatic carbocycles. The molecule has 3 atom stereocenters. The summed E-state index contributed by atoms with van der Waals surface area (Å²) >= 11 is 0. The van der Waals surface area contributed by atoms with Gasteiger partial charge in [-0.25, -0.2) is 0 Å². The van der Waals surface area contributed by atoms with E-state index in [1.807, 2.05) is 0 Å². The van der Waals surface area contributed by atoms with Gasteiger partial charge < -0.3 is 15.2 Å². The first-order chi connectivity index (χ1) is 9.31. The van der Waals surface area contributed by atoms with Crippen molar-refractivity contribution in [3.63, 3.8) is 0 Å². The van der Waals surface area contributed by atoms with Crippen molar-refractivity contribution in [1.82, 2.24) is 0 Å². The van der Waals surface area contributed by atoms with Gasteiger partial charge in [-0.15, -0.1) is 0 Å². The van der Waals surface area contributed by atoms with E-state index in [2.05, 4.69) is 0 Å². The molecular formula is C16H29NO2. The van der Waals surface area contributed by atoms with Gasteiger partial charge in [0.1, 0.15) is 0 Å². The Bertz CT molecular complexity index is 288. The Morgan fingerprint density at radius 2 is 1.84 bits per heavy atom. The fraction of sp³-hybridized carbons (Fsp3) is 1.00. The fourth-order valence-corrected chi connectivity index (χ4v) is 4.40. The molecule has 0 amide bonds. The Kier molecular flexibility index (Phi) is 4.45. The SMILES string of the molecule is NCC1CCCC1COC1CCOC2(CCCC2)C1. The van der Waals surface area contributed by atoms with Crippen LogP contribution in [0.5, 0.6) is 0 Å². The molecule has 1 aliphatic heterocycles. The summed E-state index contributed by atoms with van der Waals surface area (Å²) in [4.78, 5) is 0. The molecule has 2 N–H and O–H groups in total. The van der Waals surface area contributed by atoms with E-state index in [1.165, 1.54) is 44.9 Å². The summed E-state index contributed by atoms with van der Waals surface area (Å²) in [5, 5.41) is 0. The van der Waals surface area contributed by atoms with Crippen LogP contribution in [0, 0.1) is 11.8 Å². The molecule has 0 aromatic rings. The van der Waals surface area contributed by atoms with Gasteiger partial charge in [0.2, 0.25) is 0 Å². The van der Waals surface area contributed by atoms with Crippen LogP contribution in [0.1, 0.15) is 57.8 Å². The summed E-state index contributed by atoms with van der Waals surface area (Å²) in [6.07, 6.45) is 11.8. The normalized spacial score (nSPS) is 38.1. The first kappa shape index (κ1) is 13.8. The van der Waals surface area contributed by atoms with Crippen LogP contribution in [0.25, 0.3) is 0 Å². The van der Waals surface area contributed by atoms with Crippen molar-refractivity contribution in [3.8, 4) is 0 Å². The molecule has 3 nitrogen and oxygen atoms in total. The van der Waals surface area contributed by atoms with Gasteiger partial charge in [0, 0.05) is 13.0 Å². The van der Waals surface area contributed by atoms with Crippen LogP contribution in [-0.4, -0.2) is 31.5 Å². The number of hydrogen-bond acceptors (Lipinski definition) is 3. The Balaban J connectivity index is 1.47. The summed E-state index contributed by atoms with van der Waals surface area (Å²) < 4.78 is 12.3. The highest BCUT2D eigenvalue weighted by molar-refractivity contribution is 4.92. The first-order valence-corrected chi connectivity index (χ1v) is 8.27. The zero-order valence-corrected chi connectivity index (χ0v) is 12.1. The van der Waals surface area contributed by atoms with E-state index in [0.29, 0.717) is 17.9 Å². The second-order valence-electron chi connectivity index (χ2n) is 6.87. The molecule has 0 radical (unpaired) electrons. The van der Waals surface area contributed by atoms with Crippen LogP contribution < -0.4 is 5.73 Å². The van der Waals surface area contributed by atoms with Gasteiger partial charge in [-0.2, -0.15) is 0 Å². The maximum absolute atomic E-state index is 6.25. The van der Waals surface area contributed by atoms with Gasteiger partial charge in [0.25, 0.3) is 0 Å². The molecule has 19 heavy (non-hydrogen) atoms. The third-order valence-electron chi connectivity index (χ3n) is 5.63. The Hall–Kier alpha value is -0.120. The molecule has 2 saturated carbocycles. The minimum absolute atomic E-state index is 0.186. The summed E-state index contributed by atoms with van der Waals surface area (Å²) in [7, 11) is 0. The molecule has 3 heteroatoms. The van der Waals surface area contributed by atoms with Crippen molar-refractivity contribution < 1.29 is 9.47 Å². The Labute approximate surface area is 117 Å². The molecule has 1 saturated heterocycles. The van der Waals surface area contributed by atoms with Crippen molar-refractivity contribution in [2.24, 2.45) is 17.6 Å². The summed E-state index contributed by atoms with van der Waals surface area (Å²) in [6.45, 7) is 2.67. The van der Waals surface area contributed by atoms with Gasteiger partial charge in [-0.3, -0.25) is 0 Å². The zero-order chi connectivity index (χ0) is 13.1. The molecule has 3 rings (SSSR count). The second-order valence-corrected chi connectivity index (χ2v) is 6.87. The lowest BCUT2D eigenvalue weighted by atomic mass is 9.90. The number of ether oxygens (including phenoxy) is 2. The fourth-order valence-electron chi connectivity index (χ4n) is 4.40. The lowest BCUT2D eigenvalue weighted by molar-refractivity contribution is -0.134. The van der Waals surface area contributed by atoms with Gasteiger partial charge in [0.05, 0.1) is 18.3 Å². The molecule has 3 unspecified atom stereocenters. The predicted octanol–water partition coefficient (Wildman–Crippen LogP) is 2.87. The van der Waals surface area contributed by atoms with Gasteiger partial charge in [-0.05, 0) is 50.5 Å². The van der Waals surface area contributed by atoms with Crippen LogP contribution in [-0.2, 0) is 9.47 Å². The van der Waals surface area contributed by atoms with Crippen LogP contribution in [0.4, 0.5) is 0 Å². The van der Waals surface area contributed by atoms with Gasteiger partial charge >= 0.3 is 0 Å². The summed E-state index contributed by atoms with van der Waals surface area (Å²) in [5.74, 6) is 1.42. The topological polar surface area (TPSA) is 44.5 Å². The lowest BCUT2D eigenvalue weighted by Crippen LogP contribution is -2.41. The van der Waals surface area contributed by atoms with E-state index in [4.69, 9.17) is 15.2 Å². The van der Waals surface area contributed by atoms with E-state index in [9.17, 15) is 0 Å². The van der Waals surface area contributed by atoms with Crippen molar-refractivity contribution >= 4 is 0 Å². The summed E-state index contributed by atoms with van der Waals surface area (Å²) in [5.41, 5.74) is 6.04. The zero-order valence-electron chi connectivity index (χ0n) is 12.1. The van der Waals surface area contributed by atoms with E-state index < -0.39 is 0 Å². The molecule has 0 aromatic heterocycles. The van der Waals surface area contributed by atoms with Crippen LogP contribution >= 0.6 is 0 Å². The molecule has 3 fully saturated rings. The molecule has 1 heterocycles. The maximum atomic E-state index is 6.25. The Morgan fingerprint density at radius 3 is 2.63 bits per heavy atom. The highest BCUT2D eigenvalue weighted by Gasteiger charge is 2.40. The molecular weight excluding hydrogens is 238 g/mol. The smallest absolute Gasteiger partial charge is 0.0707 e. The third-order valence-corrected chi connectivity index (χ3v) is 5.63. The Morgan fingerprint density at radius 1 is 1.05 bits per heavy atom. The maximum Gasteiger partial charge on any atom is 0.0707 e. The van der Waals surface area contributed by atoms with Crippen molar-refractivity contribution in [3.05, 3.63) is 0 Å². The molecule has 3 aliphatic rings. The number of rotatable bonds is 4. The second kappa shape index (κ2) is 6.11.